The van der Waals surface area contributed by atoms with Gasteiger partial charge in [0.2, 0.25) is 0 Å². The number of methoxy groups -OCH3 is 1. The number of nitrogens with zero attached hydrogens (tertiary/aromatic N) is 1. The van der Waals surface area contributed by atoms with Gasteiger partial charge in [-0.15, -0.1) is 0 Å². The molecule has 0 fully saturated rings. The maximum Gasteiger partial charge on any atom is 0.257 e. The van der Waals surface area contributed by atoms with Gasteiger partial charge in [-0.2, -0.15) is 5.10 Å². The maximum absolute atomic E-state index is 12.1. The fourth-order valence-electron chi connectivity index (χ4n) is 1.47. The summed E-state index contributed by atoms with van der Waals surface area (Å²) in [5, 5.41) is 15.0. The number of aromatic amines is 1. The Hall–Kier alpha value is -0.960. The first kappa shape index (κ1) is 16.1. The first-order chi connectivity index (χ1) is 8.82. The summed E-state index contributed by atoms with van der Waals surface area (Å²) in [5.74, 6) is 0. The van der Waals surface area contributed by atoms with Crippen LogP contribution in [0.5, 0.6) is 0 Å². The largest absolute Gasteiger partial charge is 0.392 e. The van der Waals surface area contributed by atoms with Gasteiger partial charge >= 0.3 is 0 Å². The van der Waals surface area contributed by atoms with Crippen LogP contribution >= 0.6 is 0 Å². The Labute approximate surface area is 113 Å². The SMILES string of the molecule is COCCC(C)(C)CNS(=O)(=O)c1[nH]ncc1CO. The molecule has 0 spiro atoms. The molecule has 7 nitrogen and oxygen atoms in total. The summed E-state index contributed by atoms with van der Waals surface area (Å²) in [5.41, 5.74) is 0.0323. The summed E-state index contributed by atoms with van der Waals surface area (Å²) in [6, 6.07) is 0. The van der Waals surface area contributed by atoms with Gasteiger partial charge in [-0.1, -0.05) is 13.8 Å². The molecule has 0 aromatic carbocycles. The molecule has 1 aromatic rings. The number of ether oxygens (including phenoxy) is 1. The summed E-state index contributed by atoms with van der Waals surface area (Å²) in [6.07, 6.45) is 2.03. The van der Waals surface area contributed by atoms with Crippen molar-refractivity contribution in [1.82, 2.24) is 14.9 Å². The number of rotatable bonds is 8. The number of nitrogens with one attached hydrogen (secondary N) is 2. The Morgan fingerprint density at radius 1 is 1.53 bits per heavy atom. The molecule has 0 bridgehead atoms. The molecule has 0 aliphatic heterocycles. The van der Waals surface area contributed by atoms with Gasteiger partial charge in [0.1, 0.15) is 0 Å². The number of H-pyrrole nitrogens is 1. The highest BCUT2D eigenvalue weighted by molar-refractivity contribution is 7.89. The fraction of sp³-hybridized carbons (Fsp3) is 0.727. The average Bonchev–Trinajstić information content (AvgIpc) is 2.83. The third kappa shape index (κ3) is 4.57. The van der Waals surface area contributed by atoms with Gasteiger partial charge in [0.25, 0.3) is 10.0 Å². The van der Waals surface area contributed by atoms with E-state index < -0.39 is 10.0 Å². The maximum atomic E-state index is 12.1. The number of hydrogen-bond acceptors (Lipinski definition) is 5. The van der Waals surface area contributed by atoms with Gasteiger partial charge in [0, 0.05) is 25.8 Å². The fourth-order valence-corrected chi connectivity index (χ4v) is 2.83. The van der Waals surface area contributed by atoms with Crippen molar-refractivity contribution in [2.75, 3.05) is 20.3 Å². The van der Waals surface area contributed by atoms with Crippen LogP contribution in [-0.2, 0) is 21.4 Å². The van der Waals surface area contributed by atoms with Gasteiger partial charge in [0.15, 0.2) is 5.03 Å². The van der Waals surface area contributed by atoms with E-state index in [0.717, 1.165) is 6.42 Å². The number of aliphatic hydroxyl groups excluding tert-OH is 1. The lowest BCUT2D eigenvalue weighted by Crippen LogP contribution is -2.35. The minimum Gasteiger partial charge on any atom is -0.392 e. The Bertz CT molecular complexity index is 496. The lowest BCUT2D eigenvalue weighted by Gasteiger charge is -2.24. The molecule has 0 aliphatic carbocycles. The zero-order chi connectivity index (χ0) is 14.5. The van der Waals surface area contributed by atoms with E-state index in [1.54, 1.807) is 7.11 Å². The molecule has 0 radical (unpaired) electrons. The smallest absolute Gasteiger partial charge is 0.257 e. The number of hydrogen-bond donors (Lipinski definition) is 3. The normalized spacial score (nSPS) is 12.8. The molecular formula is C11H21N3O4S. The Morgan fingerprint density at radius 2 is 2.21 bits per heavy atom. The molecule has 1 heterocycles. The van der Waals surface area contributed by atoms with Crippen LogP contribution in [-0.4, -0.2) is 44.0 Å². The highest BCUT2D eigenvalue weighted by atomic mass is 32.2. The van der Waals surface area contributed by atoms with E-state index in [-0.39, 0.29) is 29.2 Å². The Morgan fingerprint density at radius 3 is 2.79 bits per heavy atom. The third-order valence-corrected chi connectivity index (χ3v) is 4.26. The number of aromatic nitrogens is 2. The minimum atomic E-state index is -3.69. The zero-order valence-corrected chi connectivity index (χ0v) is 12.2. The molecule has 8 heteroatoms. The summed E-state index contributed by atoms with van der Waals surface area (Å²) < 4.78 is 31.6. The standard InChI is InChI=1S/C11H21N3O4S/c1-11(2,4-5-18-3)8-13-19(16,17)10-9(7-15)6-12-14-10/h6,13,15H,4-5,7-8H2,1-3H3,(H,12,14). The molecule has 110 valence electrons. The van der Waals surface area contributed by atoms with Gasteiger partial charge < -0.3 is 9.84 Å². The summed E-state index contributed by atoms with van der Waals surface area (Å²) in [7, 11) is -2.08. The van der Waals surface area contributed by atoms with Crippen LogP contribution in [0.3, 0.4) is 0 Å². The second-order valence-electron chi connectivity index (χ2n) is 5.11. The van der Waals surface area contributed by atoms with E-state index >= 15 is 0 Å². The highest BCUT2D eigenvalue weighted by Crippen LogP contribution is 2.20. The number of sulfonamides is 1. The molecule has 0 saturated heterocycles. The molecule has 0 atom stereocenters. The van der Waals surface area contributed by atoms with Crippen LogP contribution in [0.2, 0.25) is 0 Å². The molecule has 0 saturated carbocycles. The second kappa shape index (κ2) is 6.47. The van der Waals surface area contributed by atoms with Crippen molar-refractivity contribution in [2.45, 2.75) is 31.9 Å². The summed E-state index contributed by atoms with van der Waals surface area (Å²) >= 11 is 0. The monoisotopic (exact) mass is 291 g/mol. The zero-order valence-electron chi connectivity index (χ0n) is 11.4. The van der Waals surface area contributed by atoms with Crippen LogP contribution < -0.4 is 4.72 Å². The summed E-state index contributed by atoms with van der Waals surface area (Å²) in [6.45, 7) is 4.38. The average molecular weight is 291 g/mol. The lowest BCUT2D eigenvalue weighted by atomic mass is 9.90. The van der Waals surface area contributed by atoms with Crippen molar-refractivity contribution in [3.05, 3.63) is 11.8 Å². The summed E-state index contributed by atoms with van der Waals surface area (Å²) in [4.78, 5) is 0. The predicted molar refractivity (Wildman–Crippen MR) is 70.0 cm³/mol. The van der Waals surface area contributed by atoms with E-state index in [1.807, 2.05) is 13.8 Å². The van der Waals surface area contributed by atoms with Crippen molar-refractivity contribution >= 4 is 10.0 Å². The van der Waals surface area contributed by atoms with Crippen molar-refractivity contribution in [3.63, 3.8) is 0 Å². The van der Waals surface area contributed by atoms with Gasteiger partial charge in [-0.25, -0.2) is 13.1 Å². The van der Waals surface area contributed by atoms with Crippen LogP contribution in [0.15, 0.2) is 11.2 Å². The predicted octanol–water partition coefficient (Wildman–Crippen LogP) is 0.243. The number of aliphatic hydroxyl groups is 1. The highest BCUT2D eigenvalue weighted by Gasteiger charge is 2.25. The first-order valence-electron chi connectivity index (χ1n) is 5.94. The molecule has 1 rings (SSSR count). The first-order valence-corrected chi connectivity index (χ1v) is 7.42. The van der Waals surface area contributed by atoms with E-state index in [1.165, 1.54) is 6.20 Å². The van der Waals surface area contributed by atoms with Crippen LogP contribution in [0.25, 0.3) is 0 Å². The molecule has 19 heavy (non-hydrogen) atoms. The topological polar surface area (TPSA) is 104 Å². The molecular weight excluding hydrogens is 270 g/mol. The van der Waals surface area contributed by atoms with Gasteiger partial charge in [0.05, 0.1) is 12.8 Å². The van der Waals surface area contributed by atoms with E-state index in [0.29, 0.717) is 6.61 Å². The van der Waals surface area contributed by atoms with E-state index in [2.05, 4.69) is 14.9 Å². The van der Waals surface area contributed by atoms with Crippen molar-refractivity contribution in [3.8, 4) is 0 Å². The minimum absolute atomic E-state index is 0.0856. The van der Waals surface area contributed by atoms with Crippen LogP contribution in [0.4, 0.5) is 0 Å². The van der Waals surface area contributed by atoms with E-state index in [4.69, 9.17) is 9.84 Å². The third-order valence-electron chi connectivity index (χ3n) is 2.84. The lowest BCUT2D eigenvalue weighted by molar-refractivity contribution is 0.153. The van der Waals surface area contributed by atoms with Crippen molar-refractivity contribution < 1.29 is 18.3 Å². The van der Waals surface area contributed by atoms with Crippen molar-refractivity contribution in [1.29, 1.82) is 0 Å². The Kier molecular flexibility index (Phi) is 5.48. The van der Waals surface area contributed by atoms with Crippen LogP contribution in [0, 0.1) is 5.41 Å². The molecule has 0 aliphatic rings. The second-order valence-corrected chi connectivity index (χ2v) is 6.82. The molecule has 3 N–H and O–H groups in total. The van der Waals surface area contributed by atoms with Crippen molar-refractivity contribution in [2.24, 2.45) is 5.41 Å². The van der Waals surface area contributed by atoms with Gasteiger partial charge in [-0.05, 0) is 11.8 Å². The quantitative estimate of drug-likeness (QED) is 0.636. The van der Waals surface area contributed by atoms with Gasteiger partial charge in [-0.3, -0.25) is 5.10 Å². The Balaban J connectivity index is 2.71. The molecule has 0 amide bonds. The molecule has 1 aromatic heterocycles. The van der Waals surface area contributed by atoms with E-state index in [9.17, 15) is 8.42 Å². The molecule has 0 unspecified atom stereocenters. The van der Waals surface area contributed by atoms with Crippen LogP contribution in [0.1, 0.15) is 25.8 Å².